The molecule has 8 heteroatoms. The number of hydrogen-bond donors (Lipinski definition) is 1. The summed E-state index contributed by atoms with van der Waals surface area (Å²) in [6.45, 7) is 6.98. The molecule has 1 aromatic carbocycles. The van der Waals surface area contributed by atoms with Crippen LogP contribution in [0.3, 0.4) is 0 Å². The smallest absolute Gasteiger partial charge is 0.257 e. The summed E-state index contributed by atoms with van der Waals surface area (Å²) in [5.41, 5.74) is 0.985. The van der Waals surface area contributed by atoms with Crippen molar-refractivity contribution in [2.75, 3.05) is 39.2 Å². The fraction of sp³-hybridized carbons (Fsp3) is 0.640. The van der Waals surface area contributed by atoms with Crippen LogP contribution in [0.15, 0.2) is 18.2 Å². The lowest BCUT2D eigenvalue weighted by atomic mass is 10.0. The first-order valence-corrected chi connectivity index (χ1v) is 11.9. The Hall–Kier alpha value is -2.61. The predicted molar refractivity (Wildman–Crippen MR) is 126 cm³/mol. The van der Waals surface area contributed by atoms with Crippen LogP contribution >= 0.6 is 0 Å². The number of fused-ring (bicyclic) bond motifs is 1. The van der Waals surface area contributed by atoms with Gasteiger partial charge in [-0.05, 0) is 37.8 Å². The van der Waals surface area contributed by atoms with E-state index in [0.717, 1.165) is 12.8 Å². The first kappa shape index (κ1) is 25.0. The van der Waals surface area contributed by atoms with Gasteiger partial charge in [-0.1, -0.05) is 13.8 Å². The maximum Gasteiger partial charge on any atom is 0.257 e. The SMILES string of the molecule is CCC(=O)Nc1ccc2c(c1)OC[C@@H](C)N(C(=O)CC1CC1)C[C@H](C)[C@H](OC)CN(C)C2=O. The lowest BCUT2D eigenvalue weighted by Gasteiger charge is -2.36. The van der Waals surface area contributed by atoms with Gasteiger partial charge in [-0.25, -0.2) is 0 Å². The fourth-order valence-corrected chi connectivity index (χ4v) is 4.13. The molecule has 1 aromatic rings. The lowest BCUT2D eigenvalue weighted by Crippen LogP contribution is -2.48. The molecule has 1 aliphatic carbocycles. The highest BCUT2D eigenvalue weighted by Gasteiger charge is 2.33. The molecule has 1 N–H and O–H groups in total. The minimum Gasteiger partial charge on any atom is -0.491 e. The van der Waals surface area contributed by atoms with E-state index in [-0.39, 0.29) is 42.4 Å². The van der Waals surface area contributed by atoms with E-state index in [0.29, 0.717) is 48.8 Å². The molecular formula is C25H37N3O5. The molecule has 0 unspecified atom stereocenters. The van der Waals surface area contributed by atoms with E-state index in [1.807, 2.05) is 11.8 Å². The Bertz CT molecular complexity index is 870. The fourth-order valence-electron chi connectivity index (χ4n) is 4.13. The van der Waals surface area contributed by atoms with Gasteiger partial charge in [0.05, 0.1) is 17.7 Å². The number of benzene rings is 1. The van der Waals surface area contributed by atoms with Crippen molar-refractivity contribution >= 4 is 23.4 Å². The Labute approximate surface area is 196 Å². The van der Waals surface area contributed by atoms with Gasteiger partial charge in [0.2, 0.25) is 11.8 Å². The summed E-state index contributed by atoms with van der Waals surface area (Å²) in [6.07, 6.45) is 2.94. The van der Waals surface area contributed by atoms with Gasteiger partial charge in [0, 0.05) is 57.8 Å². The minimum absolute atomic E-state index is 0.0429. The Kier molecular flexibility index (Phi) is 8.35. The molecule has 0 aromatic heterocycles. The first-order valence-electron chi connectivity index (χ1n) is 11.9. The molecule has 1 heterocycles. The van der Waals surface area contributed by atoms with Crippen molar-refractivity contribution in [1.29, 1.82) is 0 Å². The van der Waals surface area contributed by atoms with Gasteiger partial charge >= 0.3 is 0 Å². The normalized spacial score (nSPS) is 24.3. The van der Waals surface area contributed by atoms with Crippen LogP contribution in [0.4, 0.5) is 5.69 Å². The van der Waals surface area contributed by atoms with Gasteiger partial charge in [0.15, 0.2) is 0 Å². The Morgan fingerprint density at radius 3 is 2.58 bits per heavy atom. The second-order valence-corrected chi connectivity index (χ2v) is 9.40. The molecule has 33 heavy (non-hydrogen) atoms. The zero-order valence-corrected chi connectivity index (χ0v) is 20.4. The van der Waals surface area contributed by atoms with Crippen LogP contribution < -0.4 is 10.1 Å². The summed E-state index contributed by atoms with van der Waals surface area (Å²) in [5.74, 6) is 0.776. The van der Waals surface area contributed by atoms with E-state index >= 15 is 0 Å². The summed E-state index contributed by atoms with van der Waals surface area (Å²) in [6, 6.07) is 4.89. The maximum atomic E-state index is 13.2. The molecule has 1 aliphatic heterocycles. The molecule has 0 radical (unpaired) electrons. The topological polar surface area (TPSA) is 88.2 Å². The van der Waals surface area contributed by atoms with Crippen molar-refractivity contribution in [3.63, 3.8) is 0 Å². The summed E-state index contributed by atoms with van der Waals surface area (Å²) in [7, 11) is 3.38. The van der Waals surface area contributed by atoms with Crippen molar-refractivity contribution in [3.05, 3.63) is 23.8 Å². The number of hydrogen-bond acceptors (Lipinski definition) is 5. The van der Waals surface area contributed by atoms with Gasteiger partial charge in [-0.2, -0.15) is 0 Å². The van der Waals surface area contributed by atoms with Gasteiger partial charge in [-0.15, -0.1) is 0 Å². The van der Waals surface area contributed by atoms with Crippen LogP contribution in [0.5, 0.6) is 5.75 Å². The second-order valence-electron chi connectivity index (χ2n) is 9.40. The van der Waals surface area contributed by atoms with E-state index in [1.54, 1.807) is 44.2 Å². The number of ether oxygens (including phenoxy) is 2. The van der Waals surface area contributed by atoms with Gasteiger partial charge in [-0.3, -0.25) is 14.4 Å². The van der Waals surface area contributed by atoms with E-state index < -0.39 is 0 Å². The summed E-state index contributed by atoms with van der Waals surface area (Å²) >= 11 is 0. The molecule has 0 bridgehead atoms. The number of likely N-dealkylation sites (N-methyl/N-ethyl adjacent to an activating group) is 1. The Morgan fingerprint density at radius 1 is 1.21 bits per heavy atom. The molecule has 0 saturated heterocycles. The lowest BCUT2D eigenvalue weighted by molar-refractivity contribution is -0.135. The van der Waals surface area contributed by atoms with Gasteiger partial charge in [0.1, 0.15) is 12.4 Å². The Morgan fingerprint density at radius 2 is 1.94 bits per heavy atom. The highest BCUT2D eigenvalue weighted by atomic mass is 16.5. The number of carbonyl (C=O) groups excluding carboxylic acids is 3. The molecule has 2 aliphatic rings. The van der Waals surface area contributed by atoms with Crippen molar-refractivity contribution in [3.8, 4) is 5.75 Å². The van der Waals surface area contributed by atoms with Crippen molar-refractivity contribution < 1.29 is 23.9 Å². The first-order chi connectivity index (χ1) is 15.7. The van der Waals surface area contributed by atoms with Gasteiger partial charge < -0.3 is 24.6 Å². The van der Waals surface area contributed by atoms with Crippen LogP contribution in [0.25, 0.3) is 0 Å². The molecule has 3 rings (SSSR count). The van der Waals surface area contributed by atoms with Crippen LogP contribution in [0, 0.1) is 11.8 Å². The third kappa shape index (κ3) is 6.47. The number of methoxy groups -OCH3 is 1. The molecule has 182 valence electrons. The third-order valence-corrected chi connectivity index (χ3v) is 6.53. The molecule has 1 fully saturated rings. The third-order valence-electron chi connectivity index (χ3n) is 6.53. The highest BCUT2D eigenvalue weighted by molar-refractivity contribution is 5.98. The van der Waals surface area contributed by atoms with Gasteiger partial charge in [0.25, 0.3) is 5.91 Å². The highest BCUT2D eigenvalue weighted by Crippen LogP contribution is 2.33. The summed E-state index contributed by atoms with van der Waals surface area (Å²) < 4.78 is 11.8. The number of nitrogens with zero attached hydrogens (tertiary/aromatic N) is 2. The van der Waals surface area contributed by atoms with E-state index in [4.69, 9.17) is 9.47 Å². The van der Waals surface area contributed by atoms with E-state index in [1.165, 1.54) is 0 Å². The maximum absolute atomic E-state index is 13.2. The van der Waals surface area contributed by atoms with E-state index in [2.05, 4.69) is 12.2 Å². The number of amides is 3. The monoisotopic (exact) mass is 459 g/mol. The molecule has 8 nitrogen and oxygen atoms in total. The number of carbonyl (C=O) groups is 3. The van der Waals surface area contributed by atoms with Crippen LogP contribution in [0.1, 0.15) is 56.8 Å². The zero-order valence-electron chi connectivity index (χ0n) is 20.4. The van der Waals surface area contributed by atoms with Crippen LogP contribution in [0.2, 0.25) is 0 Å². The quantitative estimate of drug-likeness (QED) is 0.731. The second kappa shape index (κ2) is 11.0. The number of rotatable bonds is 5. The average Bonchev–Trinajstić information content (AvgIpc) is 3.61. The summed E-state index contributed by atoms with van der Waals surface area (Å²) in [5, 5.41) is 2.81. The molecule has 0 spiro atoms. The van der Waals surface area contributed by atoms with Crippen LogP contribution in [-0.4, -0.2) is 73.5 Å². The molecule has 3 atom stereocenters. The molecule has 1 saturated carbocycles. The summed E-state index contributed by atoms with van der Waals surface area (Å²) in [4.78, 5) is 41.7. The average molecular weight is 460 g/mol. The van der Waals surface area contributed by atoms with Crippen molar-refractivity contribution in [2.24, 2.45) is 11.8 Å². The van der Waals surface area contributed by atoms with Crippen molar-refractivity contribution in [2.45, 2.75) is 58.6 Å². The predicted octanol–water partition coefficient (Wildman–Crippen LogP) is 3.17. The minimum atomic E-state index is -0.214. The molecule has 3 amide bonds. The van der Waals surface area contributed by atoms with Crippen molar-refractivity contribution in [1.82, 2.24) is 9.80 Å². The standard InChI is InChI=1S/C25H37N3O5/c1-6-23(29)26-19-9-10-20-21(12-19)33-15-17(3)28(24(30)11-18-7-8-18)13-16(2)22(32-5)14-27(4)25(20)31/h9-10,12,16-18,22H,6-8,11,13-15H2,1-5H3,(H,26,29)/t16-,17+,22+/m0/s1. The number of nitrogens with one attached hydrogen (secondary N) is 1. The molecular weight excluding hydrogens is 422 g/mol. The Balaban J connectivity index is 1.92. The zero-order chi connectivity index (χ0) is 24.1. The largest absolute Gasteiger partial charge is 0.491 e. The van der Waals surface area contributed by atoms with E-state index in [9.17, 15) is 14.4 Å². The van der Waals surface area contributed by atoms with Crippen LogP contribution in [-0.2, 0) is 14.3 Å². The number of anilines is 1.